The summed E-state index contributed by atoms with van der Waals surface area (Å²) in [6, 6.07) is 11.8. The largest absolute Gasteiger partial charge is 0.507 e. The Bertz CT molecular complexity index is 1070. The molecule has 152 valence electrons. The number of amides is 1. The van der Waals surface area contributed by atoms with Gasteiger partial charge in [-0.1, -0.05) is 35.9 Å². The molecule has 7 heteroatoms. The molecule has 0 saturated carbocycles. The number of hydrogen-bond donors (Lipinski definition) is 1. The van der Waals surface area contributed by atoms with Crippen LogP contribution in [0, 0.1) is 6.92 Å². The molecule has 1 amide bonds. The summed E-state index contributed by atoms with van der Waals surface area (Å²) in [7, 11) is 0. The third kappa shape index (κ3) is 3.74. The van der Waals surface area contributed by atoms with Crippen molar-refractivity contribution < 1.29 is 14.7 Å². The Balaban J connectivity index is 1.71. The van der Waals surface area contributed by atoms with Crippen LogP contribution in [0.25, 0.3) is 5.76 Å². The van der Waals surface area contributed by atoms with Gasteiger partial charge in [0.05, 0.1) is 17.6 Å². The molecular formula is C23H22N4O3. The van der Waals surface area contributed by atoms with Crippen molar-refractivity contribution >= 4 is 17.4 Å². The molecule has 0 unspecified atom stereocenters. The van der Waals surface area contributed by atoms with Gasteiger partial charge in [0, 0.05) is 37.2 Å². The Kier molecular flexibility index (Phi) is 5.43. The SMILES string of the molecule is Cc1ccc(C(O)=C2C(=O)C(=O)N(CCCn3ccnc3)[C@@H]2c2ccccn2)cc1. The molecule has 3 aromatic rings. The highest BCUT2D eigenvalue weighted by Crippen LogP contribution is 2.38. The van der Waals surface area contributed by atoms with E-state index in [0.717, 1.165) is 5.56 Å². The number of nitrogens with zero attached hydrogens (tertiary/aromatic N) is 4. The number of benzene rings is 1. The van der Waals surface area contributed by atoms with Gasteiger partial charge < -0.3 is 14.6 Å². The smallest absolute Gasteiger partial charge is 0.295 e. The molecule has 0 spiro atoms. The first-order valence-electron chi connectivity index (χ1n) is 9.78. The minimum Gasteiger partial charge on any atom is -0.507 e. The van der Waals surface area contributed by atoms with Crippen LogP contribution in [0.5, 0.6) is 0 Å². The fourth-order valence-electron chi connectivity index (χ4n) is 3.67. The molecule has 1 aromatic carbocycles. The molecule has 1 aliphatic heterocycles. The Morgan fingerprint density at radius 3 is 2.53 bits per heavy atom. The lowest BCUT2D eigenvalue weighted by Crippen LogP contribution is -2.31. The van der Waals surface area contributed by atoms with Gasteiger partial charge in [-0.2, -0.15) is 0 Å². The van der Waals surface area contributed by atoms with Gasteiger partial charge >= 0.3 is 0 Å². The first kappa shape index (κ1) is 19.6. The third-order valence-corrected chi connectivity index (χ3v) is 5.21. The summed E-state index contributed by atoms with van der Waals surface area (Å²) >= 11 is 0. The molecule has 0 aliphatic carbocycles. The summed E-state index contributed by atoms with van der Waals surface area (Å²) in [4.78, 5) is 35.7. The summed E-state index contributed by atoms with van der Waals surface area (Å²) in [6.07, 6.45) is 7.51. The normalized spacial score (nSPS) is 18.2. The van der Waals surface area contributed by atoms with Crippen LogP contribution in [-0.4, -0.2) is 42.8 Å². The maximum absolute atomic E-state index is 12.9. The Labute approximate surface area is 174 Å². The summed E-state index contributed by atoms with van der Waals surface area (Å²) in [5.41, 5.74) is 2.16. The second-order valence-corrected chi connectivity index (χ2v) is 7.27. The van der Waals surface area contributed by atoms with E-state index in [1.54, 1.807) is 49.1 Å². The van der Waals surface area contributed by atoms with Crippen LogP contribution >= 0.6 is 0 Å². The highest BCUT2D eigenvalue weighted by molar-refractivity contribution is 6.46. The second kappa shape index (κ2) is 8.32. The van der Waals surface area contributed by atoms with Gasteiger partial charge in [0.25, 0.3) is 11.7 Å². The molecule has 1 atom stereocenters. The van der Waals surface area contributed by atoms with Crippen molar-refractivity contribution in [2.75, 3.05) is 6.54 Å². The average Bonchev–Trinajstić information content (AvgIpc) is 3.37. The van der Waals surface area contributed by atoms with E-state index in [-0.39, 0.29) is 11.3 Å². The zero-order valence-electron chi connectivity index (χ0n) is 16.6. The number of Topliss-reactive ketones (excluding diaryl/α,β-unsaturated/α-hetero) is 1. The summed E-state index contributed by atoms with van der Waals surface area (Å²) in [5.74, 6) is -1.49. The number of aliphatic hydroxyl groups excluding tert-OH is 1. The highest BCUT2D eigenvalue weighted by Gasteiger charge is 2.46. The highest BCUT2D eigenvalue weighted by atomic mass is 16.3. The van der Waals surface area contributed by atoms with E-state index in [2.05, 4.69) is 9.97 Å². The molecule has 1 aliphatic rings. The van der Waals surface area contributed by atoms with Crippen LogP contribution in [0.3, 0.4) is 0 Å². The van der Waals surface area contributed by atoms with E-state index in [1.165, 1.54) is 4.90 Å². The van der Waals surface area contributed by atoms with Crippen LogP contribution in [0.15, 0.2) is 73.0 Å². The van der Waals surface area contributed by atoms with Gasteiger partial charge in [-0.15, -0.1) is 0 Å². The molecule has 4 rings (SSSR count). The molecule has 1 N–H and O–H groups in total. The monoisotopic (exact) mass is 402 g/mol. The number of aryl methyl sites for hydroxylation is 2. The predicted octanol–water partition coefficient (Wildman–Crippen LogP) is 3.10. The second-order valence-electron chi connectivity index (χ2n) is 7.27. The van der Waals surface area contributed by atoms with E-state index in [1.807, 2.05) is 29.8 Å². The van der Waals surface area contributed by atoms with Gasteiger partial charge in [0.1, 0.15) is 11.8 Å². The minimum atomic E-state index is -0.727. The van der Waals surface area contributed by atoms with Crippen molar-refractivity contribution in [3.63, 3.8) is 0 Å². The number of aliphatic hydroxyl groups is 1. The number of likely N-dealkylation sites (tertiary alicyclic amines) is 1. The minimum absolute atomic E-state index is 0.0742. The van der Waals surface area contributed by atoms with Crippen molar-refractivity contribution in [3.8, 4) is 0 Å². The van der Waals surface area contributed by atoms with Crippen LogP contribution in [-0.2, 0) is 16.1 Å². The van der Waals surface area contributed by atoms with Gasteiger partial charge in [-0.3, -0.25) is 14.6 Å². The van der Waals surface area contributed by atoms with Crippen molar-refractivity contribution in [1.29, 1.82) is 0 Å². The number of aromatic nitrogens is 3. The van der Waals surface area contributed by atoms with Crippen molar-refractivity contribution in [1.82, 2.24) is 19.4 Å². The maximum Gasteiger partial charge on any atom is 0.295 e. The van der Waals surface area contributed by atoms with Crippen molar-refractivity contribution in [2.45, 2.75) is 25.9 Å². The molecule has 1 saturated heterocycles. The van der Waals surface area contributed by atoms with Crippen LogP contribution in [0.2, 0.25) is 0 Å². The topological polar surface area (TPSA) is 88.3 Å². The van der Waals surface area contributed by atoms with E-state index in [9.17, 15) is 14.7 Å². The lowest BCUT2D eigenvalue weighted by molar-refractivity contribution is -0.140. The van der Waals surface area contributed by atoms with Gasteiger partial charge in [0.15, 0.2) is 0 Å². The van der Waals surface area contributed by atoms with E-state index >= 15 is 0 Å². The number of carbonyl (C=O) groups is 2. The van der Waals surface area contributed by atoms with Gasteiger partial charge in [-0.05, 0) is 25.5 Å². The summed E-state index contributed by atoms with van der Waals surface area (Å²) < 4.78 is 1.92. The Hall–Kier alpha value is -3.74. The fourth-order valence-corrected chi connectivity index (χ4v) is 3.67. The number of hydrogen-bond acceptors (Lipinski definition) is 5. The van der Waals surface area contributed by atoms with E-state index < -0.39 is 17.7 Å². The fraction of sp³-hybridized carbons (Fsp3) is 0.217. The van der Waals surface area contributed by atoms with Crippen LogP contribution < -0.4 is 0 Å². The lowest BCUT2D eigenvalue weighted by atomic mass is 9.98. The molecule has 30 heavy (non-hydrogen) atoms. The van der Waals surface area contributed by atoms with Crippen molar-refractivity contribution in [3.05, 3.63) is 89.8 Å². The Morgan fingerprint density at radius 2 is 1.87 bits per heavy atom. The number of carbonyl (C=O) groups excluding carboxylic acids is 2. The number of pyridine rings is 1. The molecule has 0 bridgehead atoms. The number of imidazole rings is 1. The summed E-state index contributed by atoms with van der Waals surface area (Å²) in [6.45, 7) is 2.96. The van der Waals surface area contributed by atoms with E-state index in [0.29, 0.717) is 30.8 Å². The lowest BCUT2D eigenvalue weighted by Gasteiger charge is -2.24. The first-order valence-corrected chi connectivity index (χ1v) is 9.78. The van der Waals surface area contributed by atoms with Crippen LogP contribution in [0.4, 0.5) is 0 Å². The zero-order chi connectivity index (χ0) is 21.1. The van der Waals surface area contributed by atoms with E-state index in [4.69, 9.17) is 0 Å². The van der Waals surface area contributed by atoms with Gasteiger partial charge in [-0.25, -0.2) is 4.98 Å². The van der Waals surface area contributed by atoms with Crippen molar-refractivity contribution in [2.24, 2.45) is 0 Å². The Morgan fingerprint density at radius 1 is 1.07 bits per heavy atom. The maximum atomic E-state index is 12.9. The number of rotatable bonds is 6. The average molecular weight is 402 g/mol. The first-order chi connectivity index (χ1) is 14.6. The van der Waals surface area contributed by atoms with Crippen LogP contribution in [0.1, 0.15) is 29.3 Å². The molecule has 2 aromatic heterocycles. The molecule has 3 heterocycles. The molecular weight excluding hydrogens is 380 g/mol. The number of ketones is 1. The molecule has 7 nitrogen and oxygen atoms in total. The zero-order valence-corrected chi connectivity index (χ0v) is 16.6. The molecule has 1 fully saturated rings. The standard InChI is InChI=1S/C23H22N4O3/c1-16-6-8-17(9-7-16)21(28)19-20(18-5-2-3-10-25-18)27(23(30)22(19)29)13-4-12-26-14-11-24-15-26/h2-3,5-11,14-15,20,28H,4,12-13H2,1H3/t20-/m1/s1. The third-order valence-electron chi connectivity index (χ3n) is 5.21. The predicted molar refractivity (Wildman–Crippen MR) is 111 cm³/mol. The summed E-state index contributed by atoms with van der Waals surface area (Å²) in [5, 5.41) is 11.0. The van der Waals surface area contributed by atoms with Gasteiger partial charge in [0.2, 0.25) is 0 Å². The quantitative estimate of drug-likeness (QED) is 0.389. The molecule has 0 radical (unpaired) electrons.